The van der Waals surface area contributed by atoms with E-state index in [1.807, 2.05) is 20.8 Å². The van der Waals surface area contributed by atoms with Gasteiger partial charge in [-0.3, -0.25) is 0 Å². The molecule has 13 heavy (non-hydrogen) atoms. The number of hydrogen-bond donors (Lipinski definition) is 1. The molecule has 1 amide bonds. The van der Waals surface area contributed by atoms with Crippen LogP contribution in [0.25, 0.3) is 0 Å². The first kappa shape index (κ1) is 12.6. The second-order valence-electron chi connectivity index (χ2n) is 3.16. The van der Waals surface area contributed by atoms with Crippen LogP contribution in [0.15, 0.2) is 0 Å². The summed E-state index contributed by atoms with van der Waals surface area (Å²) in [4.78, 5) is 11.1. The molecule has 0 heterocycles. The third kappa shape index (κ3) is 7.96. The molecule has 0 aliphatic carbocycles. The van der Waals surface area contributed by atoms with Crippen molar-refractivity contribution in [2.45, 2.75) is 39.8 Å². The maximum atomic E-state index is 11.1. The largest absolute Gasteiger partial charge is 0.447 e. The van der Waals surface area contributed by atoms with Gasteiger partial charge < -0.3 is 10.1 Å². The molecule has 0 aliphatic heterocycles. The van der Waals surface area contributed by atoms with Crippen LogP contribution >= 0.6 is 11.8 Å². The van der Waals surface area contributed by atoms with Crippen molar-refractivity contribution in [2.75, 3.05) is 11.5 Å². The van der Waals surface area contributed by atoms with Crippen molar-refractivity contribution >= 4 is 17.9 Å². The Morgan fingerprint density at radius 3 is 2.54 bits per heavy atom. The number of alkyl carbamates (subject to hydrolysis) is 1. The highest BCUT2D eigenvalue weighted by Crippen LogP contribution is 2.01. The van der Waals surface area contributed by atoms with Crippen LogP contribution in [0.4, 0.5) is 4.79 Å². The van der Waals surface area contributed by atoms with Crippen molar-refractivity contribution in [1.29, 1.82) is 0 Å². The van der Waals surface area contributed by atoms with Gasteiger partial charge in [0.15, 0.2) is 0 Å². The van der Waals surface area contributed by atoms with E-state index < -0.39 is 0 Å². The second kappa shape index (κ2) is 7.06. The Kier molecular flexibility index (Phi) is 6.86. The summed E-state index contributed by atoms with van der Waals surface area (Å²) < 4.78 is 4.94. The molecule has 0 aromatic heterocycles. The van der Waals surface area contributed by atoms with E-state index in [4.69, 9.17) is 4.74 Å². The van der Waals surface area contributed by atoms with Crippen molar-refractivity contribution < 1.29 is 9.53 Å². The molecule has 1 N–H and O–H groups in total. The van der Waals surface area contributed by atoms with E-state index in [-0.39, 0.29) is 18.2 Å². The van der Waals surface area contributed by atoms with E-state index in [1.165, 1.54) is 0 Å². The molecule has 78 valence electrons. The van der Waals surface area contributed by atoms with Gasteiger partial charge in [-0.05, 0) is 26.5 Å². The van der Waals surface area contributed by atoms with E-state index in [9.17, 15) is 4.79 Å². The lowest BCUT2D eigenvalue weighted by Gasteiger charge is -2.14. The SMILES string of the molecule is CCSCC(C)NC(=O)OC(C)C. The molecule has 0 spiro atoms. The minimum absolute atomic E-state index is 0.0500. The average molecular weight is 205 g/mol. The van der Waals surface area contributed by atoms with Gasteiger partial charge in [-0.25, -0.2) is 4.79 Å². The first-order chi connectivity index (χ1) is 6.06. The molecule has 0 aromatic rings. The van der Waals surface area contributed by atoms with Crippen LogP contribution in [0.1, 0.15) is 27.7 Å². The van der Waals surface area contributed by atoms with Gasteiger partial charge in [0.1, 0.15) is 0 Å². The second-order valence-corrected chi connectivity index (χ2v) is 4.48. The molecule has 0 saturated carbocycles. The van der Waals surface area contributed by atoms with Crippen molar-refractivity contribution in [3.05, 3.63) is 0 Å². The molecule has 3 nitrogen and oxygen atoms in total. The van der Waals surface area contributed by atoms with E-state index >= 15 is 0 Å². The van der Waals surface area contributed by atoms with Crippen LogP contribution in [0, 0.1) is 0 Å². The Hall–Kier alpha value is -0.380. The van der Waals surface area contributed by atoms with Crippen molar-refractivity contribution in [2.24, 2.45) is 0 Å². The number of amides is 1. The molecule has 0 aromatic carbocycles. The number of carbonyl (C=O) groups excluding carboxylic acids is 1. The van der Waals surface area contributed by atoms with E-state index in [0.29, 0.717) is 0 Å². The van der Waals surface area contributed by atoms with E-state index in [0.717, 1.165) is 11.5 Å². The highest BCUT2D eigenvalue weighted by molar-refractivity contribution is 7.99. The van der Waals surface area contributed by atoms with Gasteiger partial charge in [0.25, 0.3) is 0 Å². The van der Waals surface area contributed by atoms with Gasteiger partial charge >= 0.3 is 6.09 Å². The first-order valence-corrected chi connectivity index (χ1v) is 5.76. The highest BCUT2D eigenvalue weighted by atomic mass is 32.2. The molecule has 1 atom stereocenters. The summed E-state index contributed by atoms with van der Waals surface area (Å²) in [6.45, 7) is 7.75. The normalized spacial score (nSPS) is 12.7. The highest BCUT2D eigenvalue weighted by Gasteiger charge is 2.08. The molecular weight excluding hydrogens is 186 g/mol. The van der Waals surface area contributed by atoms with Gasteiger partial charge in [-0.15, -0.1) is 0 Å². The van der Waals surface area contributed by atoms with E-state index in [1.54, 1.807) is 11.8 Å². The van der Waals surface area contributed by atoms with E-state index in [2.05, 4.69) is 12.2 Å². The van der Waals surface area contributed by atoms with Crippen LogP contribution in [-0.2, 0) is 4.74 Å². The summed E-state index contributed by atoms with van der Waals surface area (Å²) in [6, 6.07) is 0.177. The van der Waals surface area contributed by atoms with Gasteiger partial charge in [0.2, 0.25) is 0 Å². The zero-order valence-electron chi connectivity index (χ0n) is 8.79. The minimum atomic E-state index is -0.320. The topological polar surface area (TPSA) is 38.3 Å². The number of nitrogens with one attached hydrogen (secondary N) is 1. The van der Waals surface area contributed by atoms with Crippen LogP contribution in [0.2, 0.25) is 0 Å². The minimum Gasteiger partial charge on any atom is -0.447 e. The summed E-state index contributed by atoms with van der Waals surface area (Å²) in [5.41, 5.74) is 0. The third-order valence-electron chi connectivity index (χ3n) is 1.28. The maximum Gasteiger partial charge on any atom is 0.407 e. The van der Waals surface area contributed by atoms with Crippen LogP contribution in [-0.4, -0.2) is 29.7 Å². The third-order valence-corrected chi connectivity index (χ3v) is 2.42. The Labute approximate surface area is 84.6 Å². The van der Waals surface area contributed by atoms with Crippen molar-refractivity contribution in [3.8, 4) is 0 Å². The number of hydrogen-bond acceptors (Lipinski definition) is 3. The van der Waals surface area contributed by atoms with Gasteiger partial charge in [0, 0.05) is 11.8 Å². The summed E-state index contributed by atoms with van der Waals surface area (Å²) in [5, 5.41) is 2.76. The predicted molar refractivity (Wildman–Crippen MR) is 57.2 cm³/mol. The predicted octanol–water partition coefficient (Wildman–Crippen LogP) is 2.26. The fraction of sp³-hybridized carbons (Fsp3) is 0.889. The lowest BCUT2D eigenvalue weighted by molar-refractivity contribution is 0.113. The van der Waals surface area contributed by atoms with Crippen molar-refractivity contribution in [3.63, 3.8) is 0 Å². The molecular formula is C9H19NO2S. The van der Waals surface area contributed by atoms with Gasteiger partial charge in [-0.1, -0.05) is 6.92 Å². The summed E-state index contributed by atoms with van der Waals surface area (Å²) >= 11 is 1.81. The zero-order valence-corrected chi connectivity index (χ0v) is 9.61. The number of carbonyl (C=O) groups is 1. The zero-order chi connectivity index (χ0) is 10.3. The standard InChI is InChI=1S/C9H19NO2S/c1-5-13-6-8(4)10-9(11)12-7(2)3/h7-8H,5-6H2,1-4H3,(H,10,11). The number of thioether (sulfide) groups is 1. The molecule has 0 saturated heterocycles. The molecule has 0 rings (SSSR count). The fourth-order valence-corrected chi connectivity index (χ4v) is 1.46. The molecule has 0 aliphatic rings. The lowest BCUT2D eigenvalue weighted by atomic mass is 10.4. The molecule has 0 fully saturated rings. The molecule has 1 unspecified atom stereocenters. The quantitative estimate of drug-likeness (QED) is 0.748. The Bertz CT molecular complexity index is 151. The lowest BCUT2D eigenvalue weighted by Crippen LogP contribution is -2.35. The van der Waals surface area contributed by atoms with Crippen molar-refractivity contribution in [1.82, 2.24) is 5.32 Å². The average Bonchev–Trinajstić information content (AvgIpc) is 1.98. The fourth-order valence-electron chi connectivity index (χ4n) is 0.786. The number of ether oxygens (including phenoxy) is 1. The van der Waals surface area contributed by atoms with Crippen LogP contribution < -0.4 is 5.32 Å². The monoisotopic (exact) mass is 205 g/mol. The first-order valence-electron chi connectivity index (χ1n) is 4.61. The Morgan fingerprint density at radius 1 is 1.46 bits per heavy atom. The molecule has 4 heteroatoms. The van der Waals surface area contributed by atoms with Gasteiger partial charge in [-0.2, -0.15) is 11.8 Å². The van der Waals surface area contributed by atoms with Crippen LogP contribution in [0.3, 0.4) is 0 Å². The summed E-state index contributed by atoms with van der Waals surface area (Å²) in [5.74, 6) is 2.01. The molecule has 0 bridgehead atoms. The van der Waals surface area contributed by atoms with Crippen LogP contribution in [0.5, 0.6) is 0 Å². The molecule has 0 radical (unpaired) electrons. The van der Waals surface area contributed by atoms with Gasteiger partial charge in [0.05, 0.1) is 6.10 Å². The summed E-state index contributed by atoms with van der Waals surface area (Å²) in [7, 11) is 0. The Morgan fingerprint density at radius 2 is 2.08 bits per heavy atom. The number of rotatable bonds is 5. The Balaban J connectivity index is 3.53. The smallest absolute Gasteiger partial charge is 0.407 e. The maximum absolute atomic E-state index is 11.1. The summed E-state index contributed by atoms with van der Waals surface area (Å²) in [6.07, 6.45) is -0.370.